The Morgan fingerprint density at radius 2 is 0.908 bits per heavy atom. The zero-order valence-electron chi connectivity index (χ0n) is 36.7. The molecule has 0 aliphatic heterocycles. The number of hydrogen-bond acceptors (Lipinski definition) is 4. The van der Waals surface area contributed by atoms with E-state index in [4.69, 9.17) is 8.83 Å². The van der Waals surface area contributed by atoms with E-state index in [-0.39, 0.29) is 5.41 Å². The SMILES string of the molecule is Cc1ccc(N(c2ccc3c4c(ccc3c2)-c2c(cc3ccccc3c2N(c2ccc(C)cc2)c2cccc3c2oc2ccccc23)C4(C)C)c2cccc3c2oc2ccccc23)cc1. The van der Waals surface area contributed by atoms with Gasteiger partial charge in [0, 0.05) is 55.0 Å². The molecule has 2 heterocycles. The number of aryl methyl sites for hydroxylation is 2. The van der Waals surface area contributed by atoms with E-state index in [0.29, 0.717) is 0 Å². The molecule has 12 aromatic rings. The van der Waals surface area contributed by atoms with Crippen molar-refractivity contribution in [2.75, 3.05) is 9.80 Å². The number of hydrogen-bond donors (Lipinski definition) is 0. The molecule has 0 radical (unpaired) electrons. The molecular weight excluding hydrogens is 793 g/mol. The Morgan fingerprint density at radius 1 is 0.400 bits per heavy atom. The minimum absolute atomic E-state index is 0.328. The Kier molecular flexibility index (Phi) is 8.05. The van der Waals surface area contributed by atoms with E-state index >= 15 is 0 Å². The van der Waals surface area contributed by atoms with Crippen molar-refractivity contribution in [3.63, 3.8) is 0 Å². The third-order valence-corrected chi connectivity index (χ3v) is 13.9. The van der Waals surface area contributed by atoms with E-state index in [1.807, 2.05) is 12.1 Å². The second-order valence-electron chi connectivity index (χ2n) is 18.2. The smallest absolute Gasteiger partial charge is 0.159 e. The summed E-state index contributed by atoms with van der Waals surface area (Å²) in [4.78, 5) is 4.81. The van der Waals surface area contributed by atoms with Crippen LogP contribution in [0, 0.1) is 13.8 Å². The maximum Gasteiger partial charge on any atom is 0.159 e. The van der Waals surface area contributed by atoms with Crippen molar-refractivity contribution in [3.8, 4) is 11.1 Å². The molecule has 0 bridgehead atoms. The summed E-state index contributed by atoms with van der Waals surface area (Å²) in [5.41, 5.74) is 17.1. The average molecular weight is 837 g/mol. The van der Waals surface area contributed by atoms with Crippen LogP contribution in [-0.4, -0.2) is 0 Å². The number of furan rings is 2. The number of benzene rings is 10. The lowest BCUT2D eigenvalue weighted by molar-refractivity contribution is 0.667. The Labute approximate surface area is 377 Å². The molecule has 2 aromatic heterocycles. The molecule has 10 aromatic carbocycles. The third-order valence-electron chi connectivity index (χ3n) is 13.9. The van der Waals surface area contributed by atoms with Crippen LogP contribution in [0.3, 0.4) is 0 Å². The molecule has 0 saturated heterocycles. The molecule has 1 aliphatic carbocycles. The molecule has 0 saturated carbocycles. The van der Waals surface area contributed by atoms with E-state index in [1.54, 1.807) is 0 Å². The van der Waals surface area contributed by atoms with E-state index in [9.17, 15) is 0 Å². The van der Waals surface area contributed by atoms with Crippen LogP contribution in [0.5, 0.6) is 0 Å². The molecule has 310 valence electrons. The van der Waals surface area contributed by atoms with Crippen molar-refractivity contribution < 1.29 is 8.83 Å². The van der Waals surface area contributed by atoms with Gasteiger partial charge in [-0.05, 0) is 113 Å². The lowest BCUT2D eigenvalue weighted by Gasteiger charge is -2.30. The second kappa shape index (κ2) is 14.0. The fraction of sp³-hybridized carbons (Fsp3) is 0.0820. The third kappa shape index (κ3) is 5.57. The van der Waals surface area contributed by atoms with Crippen LogP contribution in [0.1, 0.15) is 36.1 Å². The van der Waals surface area contributed by atoms with E-state index in [0.717, 1.165) is 78.0 Å². The summed E-state index contributed by atoms with van der Waals surface area (Å²) in [6.07, 6.45) is 0. The van der Waals surface area contributed by atoms with Gasteiger partial charge >= 0.3 is 0 Å². The lowest BCUT2D eigenvalue weighted by atomic mass is 9.79. The maximum absolute atomic E-state index is 6.82. The highest BCUT2D eigenvalue weighted by Crippen LogP contribution is 2.59. The summed E-state index contributed by atoms with van der Waals surface area (Å²) >= 11 is 0. The Bertz CT molecular complexity index is 3890. The van der Waals surface area contributed by atoms with Crippen molar-refractivity contribution in [2.45, 2.75) is 33.1 Å². The predicted octanol–water partition coefficient (Wildman–Crippen LogP) is 17.7. The first-order valence-electron chi connectivity index (χ1n) is 22.5. The number of rotatable bonds is 6. The van der Waals surface area contributed by atoms with Crippen LogP contribution in [-0.2, 0) is 5.41 Å². The monoisotopic (exact) mass is 836 g/mol. The first-order valence-corrected chi connectivity index (χ1v) is 22.5. The first-order chi connectivity index (χ1) is 31.8. The minimum atomic E-state index is -0.328. The highest BCUT2D eigenvalue weighted by molar-refractivity contribution is 6.16. The molecular formula is C61H44N2O2. The van der Waals surface area contributed by atoms with Gasteiger partial charge in [0.2, 0.25) is 0 Å². The molecule has 4 heteroatoms. The van der Waals surface area contributed by atoms with Crippen molar-refractivity contribution in [2.24, 2.45) is 0 Å². The van der Waals surface area contributed by atoms with Crippen molar-refractivity contribution >= 4 is 99.5 Å². The van der Waals surface area contributed by atoms with Gasteiger partial charge in [-0.2, -0.15) is 0 Å². The fourth-order valence-corrected chi connectivity index (χ4v) is 10.8. The number of nitrogens with zero attached hydrogens (tertiary/aromatic N) is 2. The molecule has 4 nitrogen and oxygen atoms in total. The quantitative estimate of drug-likeness (QED) is 0.167. The highest BCUT2D eigenvalue weighted by atomic mass is 16.3. The zero-order valence-corrected chi connectivity index (χ0v) is 36.7. The fourth-order valence-electron chi connectivity index (χ4n) is 10.8. The van der Waals surface area contributed by atoms with Crippen molar-refractivity contribution in [1.29, 1.82) is 0 Å². The second-order valence-corrected chi connectivity index (χ2v) is 18.2. The highest BCUT2D eigenvalue weighted by Gasteiger charge is 2.41. The van der Waals surface area contributed by atoms with Crippen LogP contribution < -0.4 is 9.80 Å². The summed E-state index contributed by atoms with van der Waals surface area (Å²) in [6, 6.07) is 70.5. The maximum atomic E-state index is 6.82. The van der Waals surface area contributed by atoms with Crippen LogP contribution in [0.25, 0.3) is 76.5 Å². The van der Waals surface area contributed by atoms with Gasteiger partial charge in [0.05, 0.1) is 17.1 Å². The standard InChI is InChI=1S/C61H44N2O2/c1-37-23-28-41(29-24-37)62(52-19-11-17-48-46-15-7-9-21-54(46)64-59(48)52)43-32-34-44-40(35-43)27-33-50-56-51(61(3,4)57(44)50)36-39-13-5-6-14-45(39)58(56)63(42-30-25-38(2)26-31-42)53-20-12-18-49-47-16-8-10-22-55(47)65-60(49)53/h5-36H,1-4H3. The molecule has 1 aliphatic rings. The minimum Gasteiger partial charge on any atom is -0.454 e. The molecule has 0 atom stereocenters. The van der Waals surface area contributed by atoms with Gasteiger partial charge in [-0.25, -0.2) is 0 Å². The summed E-state index contributed by atoms with van der Waals surface area (Å²) in [6.45, 7) is 9.09. The topological polar surface area (TPSA) is 32.8 Å². The summed E-state index contributed by atoms with van der Waals surface area (Å²) < 4.78 is 13.5. The number of anilines is 6. The normalized spacial score (nSPS) is 13.0. The van der Waals surface area contributed by atoms with Gasteiger partial charge in [0.1, 0.15) is 11.2 Å². The van der Waals surface area contributed by atoms with E-state index < -0.39 is 0 Å². The molecule has 0 unspecified atom stereocenters. The largest absolute Gasteiger partial charge is 0.454 e. The molecule has 0 N–H and O–H groups in total. The van der Waals surface area contributed by atoms with E-state index in [1.165, 1.54) is 54.9 Å². The first kappa shape index (κ1) is 37.5. The van der Waals surface area contributed by atoms with Crippen LogP contribution in [0.15, 0.2) is 203 Å². The summed E-state index contributed by atoms with van der Waals surface area (Å²) in [5, 5.41) is 9.26. The Morgan fingerprint density at radius 3 is 1.54 bits per heavy atom. The van der Waals surface area contributed by atoms with Crippen molar-refractivity contribution in [1.82, 2.24) is 0 Å². The Hall–Kier alpha value is -8.08. The van der Waals surface area contributed by atoms with Crippen LogP contribution in [0.4, 0.5) is 34.1 Å². The molecule has 13 rings (SSSR count). The van der Waals surface area contributed by atoms with Gasteiger partial charge < -0.3 is 18.6 Å². The molecule has 0 amide bonds. The van der Waals surface area contributed by atoms with Gasteiger partial charge in [0.15, 0.2) is 11.2 Å². The molecule has 65 heavy (non-hydrogen) atoms. The predicted molar refractivity (Wildman–Crippen MR) is 272 cm³/mol. The number of para-hydroxylation sites is 4. The van der Waals surface area contributed by atoms with Crippen molar-refractivity contribution in [3.05, 3.63) is 216 Å². The summed E-state index contributed by atoms with van der Waals surface area (Å²) in [7, 11) is 0. The van der Waals surface area contributed by atoms with Gasteiger partial charge in [-0.3, -0.25) is 0 Å². The average Bonchev–Trinajstić information content (AvgIpc) is 3.98. The summed E-state index contributed by atoms with van der Waals surface area (Å²) in [5.74, 6) is 0. The Balaban J connectivity index is 1.05. The lowest BCUT2D eigenvalue weighted by Crippen LogP contribution is -2.17. The zero-order chi connectivity index (χ0) is 43.6. The van der Waals surface area contributed by atoms with Crippen LogP contribution >= 0.6 is 0 Å². The van der Waals surface area contributed by atoms with Gasteiger partial charge in [-0.15, -0.1) is 0 Å². The molecule has 0 fully saturated rings. The van der Waals surface area contributed by atoms with E-state index in [2.05, 4.69) is 219 Å². The molecule has 0 spiro atoms. The van der Waals surface area contributed by atoms with Crippen LogP contribution in [0.2, 0.25) is 0 Å². The number of fused-ring (bicyclic) bond motifs is 12. The van der Waals surface area contributed by atoms with Gasteiger partial charge in [0.25, 0.3) is 0 Å². The van der Waals surface area contributed by atoms with Gasteiger partial charge in [-0.1, -0.05) is 152 Å².